The van der Waals surface area contributed by atoms with Crippen LogP contribution >= 0.6 is 23.2 Å². The summed E-state index contributed by atoms with van der Waals surface area (Å²) < 4.78 is 115. The van der Waals surface area contributed by atoms with Crippen LogP contribution < -0.4 is 4.90 Å². The van der Waals surface area contributed by atoms with Crippen LogP contribution in [0.3, 0.4) is 0 Å². The largest absolute Gasteiger partial charge is 0.417 e. The first-order valence-electron chi connectivity index (χ1n) is 14.6. The Hall–Kier alpha value is -2.79. The summed E-state index contributed by atoms with van der Waals surface area (Å²) in [5, 5.41) is 6.87. The van der Waals surface area contributed by atoms with Gasteiger partial charge in [-0.1, -0.05) is 40.5 Å². The molecular formula is C29H34Cl2F6N6O3S. The van der Waals surface area contributed by atoms with Crippen LogP contribution in [0.1, 0.15) is 37.7 Å². The highest BCUT2D eigenvalue weighted by atomic mass is 35.5. The summed E-state index contributed by atoms with van der Waals surface area (Å²) in [6, 6.07) is 3.28. The standard InChI is InChI=1S/C29H34Cl2F6N6O3S/c1-18(5-7-23(19(2)30)28(32,33)34)40-13-15-43(16-14-40)47(44,45)27(26-20(3)38-46-39-26)21(4)41-9-11-42(12-10-41)22-6-8-25(31)24(17-22)29(35,36)37/h5-8,17-18H,9-16H2,1-4H3/b7-5?,23-19-,27-21-. The number of benzene rings is 1. The van der Waals surface area contributed by atoms with Gasteiger partial charge in [0.05, 0.1) is 16.2 Å². The Bertz CT molecular complexity index is 1640. The Morgan fingerprint density at radius 1 is 0.979 bits per heavy atom. The molecule has 9 nitrogen and oxygen atoms in total. The van der Waals surface area contributed by atoms with Gasteiger partial charge in [-0.25, -0.2) is 13.0 Å². The second-order valence-electron chi connectivity index (χ2n) is 11.2. The molecule has 0 saturated carbocycles. The molecular weight excluding hydrogens is 697 g/mol. The maximum Gasteiger partial charge on any atom is 0.417 e. The summed E-state index contributed by atoms with van der Waals surface area (Å²) in [7, 11) is -4.18. The summed E-state index contributed by atoms with van der Waals surface area (Å²) >= 11 is 11.4. The van der Waals surface area contributed by atoms with Crippen LogP contribution in [0, 0.1) is 6.92 Å². The van der Waals surface area contributed by atoms with E-state index in [1.54, 1.807) is 25.7 Å². The van der Waals surface area contributed by atoms with Gasteiger partial charge in [-0.3, -0.25) is 4.90 Å². The third-order valence-electron chi connectivity index (χ3n) is 8.24. The number of nitrogens with zero attached hydrogens (tertiary/aromatic N) is 6. The van der Waals surface area contributed by atoms with Crippen molar-refractivity contribution in [3.8, 4) is 0 Å². The SMILES string of the molecule is C/C(Cl)=C(\C=CC(C)N1CCN(S(=O)(=O)/C(=C(/C)N2CCN(c3ccc(Cl)c(C(F)(F)F)c3)CC2)c2nonc2C)CC1)C(F)(F)F. The molecule has 2 saturated heterocycles. The van der Waals surface area contributed by atoms with E-state index in [1.807, 2.05) is 9.80 Å². The number of alkyl halides is 6. The minimum absolute atomic E-state index is 0.0408. The van der Waals surface area contributed by atoms with E-state index >= 15 is 0 Å². The summed E-state index contributed by atoms with van der Waals surface area (Å²) in [5.74, 6) is 0. The van der Waals surface area contributed by atoms with Crippen molar-refractivity contribution in [3.63, 3.8) is 0 Å². The molecule has 1 aromatic heterocycles. The molecule has 2 aliphatic rings. The van der Waals surface area contributed by atoms with Crippen molar-refractivity contribution < 1.29 is 39.4 Å². The number of sulfonamides is 1. The summed E-state index contributed by atoms with van der Waals surface area (Å²) in [6.07, 6.45) is -6.91. The molecule has 1 atom stereocenters. The zero-order valence-electron chi connectivity index (χ0n) is 26.0. The molecule has 18 heteroatoms. The van der Waals surface area contributed by atoms with Gasteiger partial charge >= 0.3 is 12.4 Å². The third-order valence-corrected chi connectivity index (χ3v) is 10.8. The van der Waals surface area contributed by atoms with Crippen LogP contribution in [0.25, 0.3) is 4.91 Å². The van der Waals surface area contributed by atoms with Gasteiger partial charge in [0.15, 0.2) is 5.69 Å². The van der Waals surface area contributed by atoms with Crippen LogP contribution in [-0.2, 0) is 16.2 Å². The molecule has 47 heavy (non-hydrogen) atoms. The lowest BCUT2D eigenvalue weighted by atomic mass is 10.1. The number of halogens is 8. The highest BCUT2D eigenvalue weighted by molar-refractivity contribution is 7.98. The van der Waals surface area contributed by atoms with Crippen molar-refractivity contribution in [1.29, 1.82) is 0 Å². The van der Waals surface area contributed by atoms with E-state index in [2.05, 4.69) is 10.3 Å². The number of anilines is 1. The summed E-state index contributed by atoms with van der Waals surface area (Å²) in [4.78, 5) is 5.35. The van der Waals surface area contributed by atoms with Crippen LogP contribution in [-0.4, -0.2) is 97.4 Å². The lowest BCUT2D eigenvalue weighted by Gasteiger charge is -2.40. The molecule has 4 rings (SSSR count). The molecule has 260 valence electrons. The van der Waals surface area contributed by atoms with E-state index in [-0.39, 0.29) is 47.5 Å². The lowest BCUT2D eigenvalue weighted by Crippen LogP contribution is -2.51. The van der Waals surface area contributed by atoms with Crippen molar-refractivity contribution in [2.75, 3.05) is 57.3 Å². The fourth-order valence-electron chi connectivity index (χ4n) is 5.53. The number of piperazine rings is 2. The van der Waals surface area contributed by atoms with Gasteiger partial charge in [0, 0.05) is 74.8 Å². The smallest absolute Gasteiger partial charge is 0.370 e. The Kier molecular flexibility index (Phi) is 11.3. The van der Waals surface area contributed by atoms with Crippen molar-refractivity contribution in [3.05, 3.63) is 68.6 Å². The Morgan fingerprint density at radius 2 is 1.60 bits per heavy atom. The number of hydrogen-bond donors (Lipinski definition) is 0. The third kappa shape index (κ3) is 8.45. The Labute approximate surface area is 279 Å². The molecule has 0 N–H and O–H groups in total. The Balaban J connectivity index is 1.52. The second-order valence-corrected chi connectivity index (χ2v) is 14.1. The van der Waals surface area contributed by atoms with E-state index in [4.69, 9.17) is 27.8 Å². The fourth-order valence-corrected chi connectivity index (χ4v) is 7.76. The van der Waals surface area contributed by atoms with E-state index in [0.29, 0.717) is 37.6 Å². The van der Waals surface area contributed by atoms with Gasteiger partial charge in [-0.2, -0.15) is 30.6 Å². The number of allylic oxidation sites excluding steroid dienone is 4. The molecule has 1 unspecified atom stereocenters. The molecule has 1 aromatic carbocycles. The summed E-state index contributed by atoms with van der Waals surface area (Å²) in [5.41, 5.74) is -0.873. The zero-order valence-corrected chi connectivity index (χ0v) is 28.3. The molecule has 0 bridgehead atoms. The van der Waals surface area contributed by atoms with Gasteiger partial charge in [-0.05, 0) is 51.1 Å². The minimum Gasteiger partial charge on any atom is -0.370 e. The van der Waals surface area contributed by atoms with Gasteiger partial charge in [0.2, 0.25) is 10.0 Å². The predicted octanol–water partition coefficient (Wildman–Crippen LogP) is 6.53. The van der Waals surface area contributed by atoms with Gasteiger partial charge < -0.3 is 9.80 Å². The van der Waals surface area contributed by atoms with E-state index in [1.165, 1.54) is 22.5 Å². The first-order chi connectivity index (χ1) is 21.8. The number of hydrogen-bond acceptors (Lipinski definition) is 8. The topological polar surface area (TPSA) is 86.0 Å². The highest BCUT2D eigenvalue weighted by Gasteiger charge is 2.38. The molecule has 0 spiro atoms. The first-order valence-corrected chi connectivity index (χ1v) is 16.7. The predicted molar refractivity (Wildman–Crippen MR) is 167 cm³/mol. The first kappa shape index (κ1) is 37.0. The van der Waals surface area contributed by atoms with Crippen molar-refractivity contribution >= 4 is 43.8 Å². The second kappa shape index (κ2) is 14.4. The van der Waals surface area contributed by atoms with Gasteiger partial charge in [0.25, 0.3) is 0 Å². The molecule has 2 aliphatic heterocycles. The maximum absolute atomic E-state index is 14.2. The molecule has 0 radical (unpaired) electrons. The normalized spacial score (nSPS) is 19.7. The Morgan fingerprint density at radius 3 is 2.11 bits per heavy atom. The van der Waals surface area contributed by atoms with Crippen LogP contribution in [0.4, 0.5) is 32.0 Å². The maximum atomic E-state index is 14.2. The van der Waals surface area contributed by atoms with E-state index in [9.17, 15) is 34.8 Å². The van der Waals surface area contributed by atoms with Gasteiger partial charge in [0.1, 0.15) is 10.6 Å². The average Bonchev–Trinajstić information content (AvgIpc) is 3.40. The molecule has 0 amide bonds. The molecule has 2 aromatic rings. The van der Waals surface area contributed by atoms with Crippen LogP contribution in [0.15, 0.2) is 51.3 Å². The van der Waals surface area contributed by atoms with Crippen molar-refractivity contribution in [1.82, 2.24) is 24.4 Å². The highest BCUT2D eigenvalue weighted by Crippen LogP contribution is 2.38. The quantitative estimate of drug-likeness (QED) is 0.224. The van der Waals surface area contributed by atoms with E-state index in [0.717, 1.165) is 19.1 Å². The lowest BCUT2D eigenvalue weighted by molar-refractivity contribution is -0.137. The number of aromatic nitrogens is 2. The van der Waals surface area contributed by atoms with Crippen LogP contribution in [0.5, 0.6) is 0 Å². The van der Waals surface area contributed by atoms with Crippen molar-refractivity contribution in [2.24, 2.45) is 0 Å². The molecule has 3 heterocycles. The van der Waals surface area contributed by atoms with Gasteiger partial charge in [-0.15, -0.1) is 0 Å². The average molecular weight is 732 g/mol. The molecule has 2 fully saturated rings. The van der Waals surface area contributed by atoms with E-state index < -0.39 is 44.6 Å². The number of aryl methyl sites for hydroxylation is 1. The molecule has 0 aliphatic carbocycles. The summed E-state index contributed by atoms with van der Waals surface area (Å²) in [6.45, 7) is 7.89. The monoisotopic (exact) mass is 730 g/mol. The zero-order chi connectivity index (χ0) is 34.9. The minimum atomic E-state index is -4.61. The number of rotatable bonds is 8. The van der Waals surface area contributed by atoms with Crippen LogP contribution in [0.2, 0.25) is 5.02 Å². The fraction of sp³-hybridized carbons (Fsp3) is 0.517. The van der Waals surface area contributed by atoms with Crippen molar-refractivity contribution in [2.45, 2.75) is 46.1 Å².